The van der Waals surface area contributed by atoms with Gasteiger partial charge in [-0.3, -0.25) is 0 Å². The number of rotatable bonds is 5. The van der Waals surface area contributed by atoms with Crippen molar-refractivity contribution in [1.82, 2.24) is 9.97 Å². The van der Waals surface area contributed by atoms with Crippen LogP contribution in [0.4, 0.5) is 0 Å². The highest BCUT2D eigenvalue weighted by molar-refractivity contribution is 6.04. The Hall–Kier alpha value is -6.84. The molecular weight excluding hydrogens is 621 g/mol. The first-order valence-corrected chi connectivity index (χ1v) is 17.2. The lowest BCUT2D eigenvalue weighted by Gasteiger charge is -2.22. The second-order valence-electron chi connectivity index (χ2n) is 13.0. The molecule has 10 rings (SSSR count). The Morgan fingerprint density at radius 3 is 1.69 bits per heavy atom. The third-order valence-electron chi connectivity index (χ3n) is 9.87. The fourth-order valence-electron chi connectivity index (χ4n) is 7.25. The van der Waals surface area contributed by atoms with Crippen molar-refractivity contribution in [3.05, 3.63) is 182 Å². The van der Waals surface area contributed by atoms with Gasteiger partial charge in [-0.25, -0.2) is 9.97 Å². The molecule has 0 bridgehead atoms. The maximum atomic E-state index is 6.35. The molecule has 51 heavy (non-hydrogen) atoms. The van der Waals surface area contributed by atoms with Crippen molar-refractivity contribution in [2.24, 2.45) is 0 Å². The van der Waals surface area contributed by atoms with Gasteiger partial charge in [0.05, 0.1) is 11.4 Å². The Bertz CT molecular complexity index is 2750. The number of aromatic nitrogens is 2. The van der Waals surface area contributed by atoms with E-state index in [2.05, 4.69) is 158 Å². The van der Waals surface area contributed by atoms with E-state index >= 15 is 0 Å². The van der Waals surface area contributed by atoms with Crippen LogP contribution in [-0.2, 0) is 0 Å². The lowest BCUT2D eigenvalue weighted by atomic mass is 9.92. The van der Waals surface area contributed by atoms with E-state index in [9.17, 15) is 0 Å². The van der Waals surface area contributed by atoms with Crippen LogP contribution in [-0.4, -0.2) is 9.97 Å². The number of fused-ring (bicyclic) bond motifs is 3. The predicted octanol–water partition coefficient (Wildman–Crippen LogP) is 12.9. The Morgan fingerprint density at radius 1 is 0.314 bits per heavy atom. The highest BCUT2D eigenvalue weighted by Crippen LogP contribution is 2.47. The van der Waals surface area contributed by atoms with Crippen molar-refractivity contribution >= 4 is 21.5 Å². The molecule has 0 saturated heterocycles. The monoisotopic (exact) mass is 650 g/mol. The van der Waals surface area contributed by atoms with Gasteiger partial charge >= 0.3 is 0 Å². The topological polar surface area (TPSA) is 35.0 Å². The van der Waals surface area contributed by atoms with E-state index in [0.29, 0.717) is 5.82 Å². The van der Waals surface area contributed by atoms with Gasteiger partial charge in [0.15, 0.2) is 5.82 Å². The van der Waals surface area contributed by atoms with E-state index in [0.717, 1.165) is 61.7 Å². The summed E-state index contributed by atoms with van der Waals surface area (Å²) < 4.78 is 6.35. The average molecular weight is 651 g/mol. The zero-order chi connectivity index (χ0) is 33.7. The van der Waals surface area contributed by atoms with Gasteiger partial charge in [0.25, 0.3) is 0 Å². The molecule has 0 radical (unpaired) electrons. The molecule has 0 unspecified atom stereocenters. The van der Waals surface area contributed by atoms with E-state index < -0.39 is 0 Å². The molecule has 0 spiro atoms. The highest BCUT2D eigenvalue weighted by Gasteiger charge is 2.20. The number of nitrogens with zero attached hydrogens (tertiary/aromatic N) is 2. The maximum absolute atomic E-state index is 6.35. The zero-order valence-corrected chi connectivity index (χ0v) is 27.6. The first-order valence-electron chi connectivity index (χ1n) is 17.2. The van der Waals surface area contributed by atoms with Crippen LogP contribution in [0.5, 0.6) is 11.5 Å². The van der Waals surface area contributed by atoms with Crippen LogP contribution in [0.25, 0.3) is 88.8 Å². The summed E-state index contributed by atoms with van der Waals surface area (Å²) >= 11 is 0. The van der Waals surface area contributed by atoms with Crippen molar-refractivity contribution in [3.8, 4) is 78.8 Å². The molecule has 0 aliphatic carbocycles. The molecule has 1 aliphatic rings. The molecule has 9 aromatic rings. The van der Waals surface area contributed by atoms with Gasteiger partial charge in [0.1, 0.15) is 11.5 Å². The molecule has 3 heteroatoms. The van der Waals surface area contributed by atoms with Crippen LogP contribution < -0.4 is 4.74 Å². The minimum atomic E-state index is 0.703. The summed E-state index contributed by atoms with van der Waals surface area (Å²) in [6.07, 6.45) is 0. The van der Waals surface area contributed by atoms with Crippen LogP contribution in [0.2, 0.25) is 0 Å². The maximum Gasteiger partial charge on any atom is 0.160 e. The molecular formula is C48H30N2O. The van der Waals surface area contributed by atoms with Gasteiger partial charge in [-0.2, -0.15) is 0 Å². The molecule has 0 saturated carbocycles. The zero-order valence-electron chi connectivity index (χ0n) is 27.6. The van der Waals surface area contributed by atoms with Crippen molar-refractivity contribution in [3.63, 3.8) is 0 Å². The largest absolute Gasteiger partial charge is 0.456 e. The molecule has 8 aromatic carbocycles. The van der Waals surface area contributed by atoms with Gasteiger partial charge in [-0.15, -0.1) is 0 Å². The summed E-state index contributed by atoms with van der Waals surface area (Å²) in [7, 11) is 0. The Kier molecular flexibility index (Phi) is 6.81. The molecule has 0 fully saturated rings. The molecule has 0 atom stereocenters. The van der Waals surface area contributed by atoms with Gasteiger partial charge in [0.2, 0.25) is 0 Å². The normalized spacial score (nSPS) is 11.7. The quantitative estimate of drug-likeness (QED) is 0.186. The number of hydrogen-bond acceptors (Lipinski definition) is 3. The SMILES string of the molecule is c1ccc(-c2ccc3ccc(-c4cc(-c5ccc(-c6ccc7c(c6)-c6cccc8cccc(c68)O7)cc5)nc(-c5ccccc5)n4)cc3c2)cc1. The fourth-order valence-corrected chi connectivity index (χ4v) is 7.25. The fraction of sp³-hybridized carbons (Fsp3) is 0. The van der Waals surface area contributed by atoms with Crippen molar-refractivity contribution in [1.29, 1.82) is 0 Å². The molecule has 0 N–H and O–H groups in total. The molecule has 0 amide bonds. The average Bonchev–Trinajstić information content (AvgIpc) is 3.21. The number of benzene rings is 8. The van der Waals surface area contributed by atoms with E-state index in [4.69, 9.17) is 14.7 Å². The first kappa shape index (κ1) is 29.1. The van der Waals surface area contributed by atoms with Crippen molar-refractivity contribution in [2.45, 2.75) is 0 Å². The Morgan fingerprint density at radius 2 is 0.902 bits per heavy atom. The summed E-state index contributed by atoms with van der Waals surface area (Å²) in [5, 5.41) is 4.72. The van der Waals surface area contributed by atoms with Crippen LogP contribution in [0.1, 0.15) is 0 Å². The standard InChI is InChI=1S/C48H30N2O/c1-3-9-31(10-4-1)37-23-19-33-20-24-39(28-40(33)27-37)44-30-43(49-48(50-44)36-11-5-2-6-12-36)34-21-17-32(18-22-34)38-25-26-45-42(29-38)41-15-7-13-35-14-8-16-46(51-45)47(35)41/h1-30H. The lowest BCUT2D eigenvalue weighted by Crippen LogP contribution is -1.97. The summed E-state index contributed by atoms with van der Waals surface area (Å²) in [6.45, 7) is 0. The second kappa shape index (κ2) is 11.9. The van der Waals surface area contributed by atoms with Crippen molar-refractivity contribution < 1.29 is 4.74 Å². The second-order valence-corrected chi connectivity index (χ2v) is 13.0. The third kappa shape index (κ3) is 5.24. The minimum absolute atomic E-state index is 0.703. The van der Waals surface area contributed by atoms with Crippen LogP contribution in [0.3, 0.4) is 0 Å². The van der Waals surface area contributed by atoms with Crippen LogP contribution in [0, 0.1) is 0 Å². The Labute approximate surface area is 296 Å². The molecule has 1 aliphatic heterocycles. The van der Waals surface area contributed by atoms with Crippen molar-refractivity contribution in [2.75, 3.05) is 0 Å². The van der Waals surface area contributed by atoms with E-state index in [-0.39, 0.29) is 0 Å². The lowest BCUT2D eigenvalue weighted by molar-refractivity contribution is 0.487. The number of ether oxygens (including phenoxy) is 1. The van der Waals surface area contributed by atoms with E-state index in [1.54, 1.807) is 0 Å². The van der Waals surface area contributed by atoms with Crippen LogP contribution >= 0.6 is 0 Å². The summed E-state index contributed by atoms with van der Waals surface area (Å²) in [5.41, 5.74) is 11.8. The highest BCUT2D eigenvalue weighted by atomic mass is 16.5. The molecule has 238 valence electrons. The molecule has 2 heterocycles. The smallest absolute Gasteiger partial charge is 0.160 e. The third-order valence-corrected chi connectivity index (χ3v) is 9.87. The first-order chi connectivity index (χ1) is 25.2. The van der Waals surface area contributed by atoms with Gasteiger partial charge in [-0.1, -0.05) is 146 Å². The van der Waals surface area contributed by atoms with E-state index in [1.165, 1.54) is 32.8 Å². The van der Waals surface area contributed by atoms with E-state index in [1.807, 2.05) is 24.3 Å². The number of hydrogen-bond donors (Lipinski definition) is 0. The van der Waals surface area contributed by atoms with Gasteiger partial charge in [0, 0.05) is 27.6 Å². The van der Waals surface area contributed by atoms with Gasteiger partial charge in [-0.05, 0) is 80.4 Å². The van der Waals surface area contributed by atoms with Crippen LogP contribution in [0.15, 0.2) is 182 Å². The summed E-state index contributed by atoms with van der Waals surface area (Å²) in [6, 6.07) is 63.9. The predicted molar refractivity (Wildman–Crippen MR) is 210 cm³/mol. The molecule has 3 nitrogen and oxygen atoms in total. The Balaban J connectivity index is 1.04. The molecule has 1 aromatic heterocycles. The van der Waals surface area contributed by atoms with Gasteiger partial charge < -0.3 is 4.74 Å². The summed E-state index contributed by atoms with van der Waals surface area (Å²) in [5.74, 6) is 2.50. The minimum Gasteiger partial charge on any atom is -0.456 e. The summed E-state index contributed by atoms with van der Waals surface area (Å²) in [4.78, 5) is 10.2.